The maximum atomic E-state index is 12.6. The van der Waals surface area contributed by atoms with Crippen LogP contribution in [0, 0.1) is 0 Å². The monoisotopic (exact) mass is 382 g/mol. The summed E-state index contributed by atoms with van der Waals surface area (Å²) in [5.74, 6) is -0.168. The first kappa shape index (κ1) is 19.5. The van der Waals surface area contributed by atoms with Gasteiger partial charge in [-0.25, -0.2) is 4.99 Å². The summed E-state index contributed by atoms with van der Waals surface area (Å²) < 4.78 is 5.55. The largest absolute Gasteiger partial charge is 0.460 e. The Bertz CT molecular complexity index is 785. The van der Waals surface area contributed by atoms with Gasteiger partial charge < -0.3 is 9.64 Å². The van der Waals surface area contributed by atoms with Crippen LogP contribution in [0.3, 0.4) is 0 Å². The Balaban J connectivity index is 1.72. The van der Waals surface area contributed by atoms with Crippen LogP contribution < -0.4 is 0 Å². The molecule has 1 atom stereocenters. The van der Waals surface area contributed by atoms with Gasteiger partial charge in [-0.1, -0.05) is 60.3 Å². The van der Waals surface area contributed by atoms with Crippen molar-refractivity contribution in [2.75, 3.05) is 6.54 Å². The summed E-state index contributed by atoms with van der Waals surface area (Å²) in [6.07, 6.45) is 0.753. The van der Waals surface area contributed by atoms with Gasteiger partial charge in [-0.05, 0) is 44.9 Å². The molecule has 2 aromatic carbocycles. The number of esters is 1. The summed E-state index contributed by atoms with van der Waals surface area (Å²) in [6.45, 7) is 7.60. The lowest BCUT2D eigenvalue weighted by molar-refractivity contribution is -0.144. The van der Waals surface area contributed by atoms with E-state index >= 15 is 0 Å². The molecule has 4 nitrogen and oxygen atoms in total. The molecule has 0 saturated carbocycles. The summed E-state index contributed by atoms with van der Waals surface area (Å²) in [5.41, 5.74) is 1.84. The zero-order valence-corrected chi connectivity index (χ0v) is 16.9. The minimum Gasteiger partial charge on any atom is -0.460 e. The fourth-order valence-electron chi connectivity index (χ4n) is 2.90. The smallest absolute Gasteiger partial charge is 0.319 e. The fourth-order valence-corrected chi connectivity index (χ4v) is 4.19. The van der Waals surface area contributed by atoms with Crippen LogP contribution in [0.15, 0.2) is 65.7 Å². The van der Waals surface area contributed by atoms with Gasteiger partial charge in [-0.15, -0.1) is 0 Å². The third kappa shape index (κ3) is 5.36. The number of hydrogen-bond donors (Lipinski definition) is 0. The van der Waals surface area contributed by atoms with Crippen molar-refractivity contribution in [3.8, 4) is 0 Å². The lowest BCUT2D eigenvalue weighted by atomic mass is 10.1. The second-order valence-electron chi connectivity index (χ2n) is 7.54. The maximum Gasteiger partial charge on any atom is 0.319 e. The molecule has 1 saturated heterocycles. The minimum atomic E-state index is -0.227. The van der Waals surface area contributed by atoms with E-state index in [-0.39, 0.29) is 16.8 Å². The Labute approximate surface area is 165 Å². The van der Waals surface area contributed by atoms with Gasteiger partial charge in [0.25, 0.3) is 0 Å². The topological polar surface area (TPSA) is 41.9 Å². The van der Waals surface area contributed by atoms with E-state index in [2.05, 4.69) is 25.7 Å². The summed E-state index contributed by atoms with van der Waals surface area (Å²) in [4.78, 5) is 19.7. The first-order valence-electron chi connectivity index (χ1n) is 9.22. The Hall–Kier alpha value is -2.27. The molecule has 0 amide bonds. The van der Waals surface area contributed by atoms with Crippen molar-refractivity contribution < 1.29 is 9.53 Å². The SMILES string of the molecule is CC(C)(C)N1CCC(C(=O)OCc2ccccc2)SC1=Nc1ccccc1. The van der Waals surface area contributed by atoms with Gasteiger partial charge in [0, 0.05) is 12.1 Å². The number of carbonyl (C=O) groups excluding carboxylic acids is 1. The predicted octanol–water partition coefficient (Wildman–Crippen LogP) is 5.02. The third-order valence-electron chi connectivity index (χ3n) is 4.37. The van der Waals surface area contributed by atoms with Crippen molar-refractivity contribution in [3.05, 3.63) is 66.2 Å². The molecule has 3 rings (SSSR count). The van der Waals surface area contributed by atoms with Gasteiger partial charge in [-0.2, -0.15) is 0 Å². The van der Waals surface area contributed by atoms with Crippen LogP contribution in [0.2, 0.25) is 0 Å². The minimum absolute atomic E-state index is 0.0560. The van der Waals surface area contributed by atoms with E-state index in [0.29, 0.717) is 6.61 Å². The molecule has 1 unspecified atom stereocenters. The highest BCUT2D eigenvalue weighted by Gasteiger charge is 2.35. The van der Waals surface area contributed by atoms with E-state index < -0.39 is 0 Å². The van der Waals surface area contributed by atoms with Crippen LogP contribution >= 0.6 is 11.8 Å². The number of benzene rings is 2. The van der Waals surface area contributed by atoms with Gasteiger partial charge in [-0.3, -0.25) is 4.79 Å². The molecule has 0 N–H and O–H groups in total. The molecule has 1 heterocycles. The second-order valence-corrected chi connectivity index (χ2v) is 8.71. The molecule has 1 fully saturated rings. The van der Waals surface area contributed by atoms with Gasteiger partial charge in [0.1, 0.15) is 11.9 Å². The van der Waals surface area contributed by atoms with Crippen LogP contribution in [-0.4, -0.2) is 33.4 Å². The zero-order valence-electron chi connectivity index (χ0n) is 16.1. The summed E-state index contributed by atoms with van der Waals surface area (Å²) >= 11 is 1.51. The van der Waals surface area contributed by atoms with E-state index in [1.54, 1.807) is 0 Å². The predicted molar refractivity (Wildman–Crippen MR) is 112 cm³/mol. The highest BCUT2D eigenvalue weighted by Crippen LogP contribution is 2.33. The van der Waals surface area contributed by atoms with Crippen molar-refractivity contribution >= 4 is 28.6 Å². The number of rotatable bonds is 4. The molecular formula is C22H26N2O2S. The molecule has 0 aromatic heterocycles. The molecule has 2 aromatic rings. The van der Waals surface area contributed by atoms with E-state index in [0.717, 1.165) is 29.4 Å². The number of aliphatic imine (C=N–C) groups is 1. The Kier molecular flexibility index (Phi) is 6.22. The molecule has 0 aliphatic carbocycles. The van der Waals surface area contributed by atoms with Crippen molar-refractivity contribution in [2.45, 2.75) is 44.6 Å². The van der Waals surface area contributed by atoms with Crippen LogP contribution in [0.25, 0.3) is 0 Å². The fraction of sp³-hybridized carbons (Fsp3) is 0.364. The zero-order chi connectivity index (χ0) is 19.3. The number of thioether (sulfide) groups is 1. The average molecular weight is 383 g/mol. The highest BCUT2D eigenvalue weighted by molar-refractivity contribution is 8.14. The molecule has 0 spiro atoms. The Morgan fingerprint density at radius 2 is 1.74 bits per heavy atom. The van der Waals surface area contributed by atoms with E-state index in [1.807, 2.05) is 60.7 Å². The second kappa shape index (κ2) is 8.61. The lowest BCUT2D eigenvalue weighted by Gasteiger charge is -2.42. The van der Waals surface area contributed by atoms with Crippen molar-refractivity contribution in [1.29, 1.82) is 0 Å². The first-order chi connectivity index (χ1) is 12.9. The molecule has 1 aliphatic heterocycles. The number of para-hydroxylation sites is 1. The van der Waals surface area contributed by atoms with E-state index in [1.165, 1.54) is 11.8 Å². The molecule has 0 radical (unpaired) electrons. The van der Waals surface area contributed by atoms with E-state index in [4.69, 9.17) is 9.73 Å². The van der Waals surface area contributed by atoms with Gasteiger partial charge >= 0.3 is 5.97 Å². The number of amidine groups is 1. The molecular weight excluding hydrogens is 356 g/mol. The first-order valence-corrected chi connectivity index (χ1v) is 10.1. The van der Waals surface area contributed by atoms with Gasteiger partial charge in [0.05, 0.1) is 5.69 Å². The van der Waals surface area contributed by atoms with Crippen molar-refractivity contribution in [1.82, 2.24) is 4.90 Å². The molecule has 1 aliphatic rings. The molecule has 0 bridgehead atoms. The Morgan fingerprint density at radius 3 is 2.37 bits per heavy atom. The number of hydrogen-bond acceptors (Lipinski definition) is 4. The highest BCUT2D eigenvalue weighted by atomic mass is 32.2. The number of carbonyl (C=O) groups is 1. The summed E-state index contributed by atoms with van der Waals surface area (Å²) in [7, 11) is 0. The summed E-state index contributed by atoms with van der Waals surface area (Å²) in [6, 6.07) is 19.7. The van der Waals surface area contributed by atoms with E-state index in [9.17, 15) is 4.79 Å². The van der Waals surface area contributed by atoms with Crippen molar-refractivity contribution in [3.63, 3.8) is 0 Å². The van der Waals surface area contributed by atoms with Crippen LogP contribution in [-0.2, 0) is 16.1 Å². The lowest BCUT2D eigenvalue weighted by Crippen LogP contribution is -2.49. The van der Waals surface area contributed by atoms with Crippen LogP contribution in [0.5, 0.6) is 0 Å². The average Bonchev–Trinajstić information content (AvgIpc) is 2.67. The Morgan fingerprint density at radius 1 is 1.11 bits per heavy atom. The standard InChI is InChI=1S/C22H26N2O2S/c1-22(2,3)24-15-14-19(20(25)26-16-17-10-6-4-7-11-17)27-21(24)23-18-12-8-5-9-13-18/h4-13,19H,14-16H2,1-3H3. The van der Waals surface area contributed by atoms with Crippen LogP contribution in [0.1, 0.15) is 32.8 Å². The maximum absolute atomic E-state index is 12.6. The van der Waals surface area contributed by atoms with Crippen LogP contribution in [0.4, 0.5) is 5.69 Å². The van der Waals surface area contributed by atoms with Gasteiger partial charge in [0.15, 0.2) is 5.17 Å². The molecule has 142 valence electrons. The quantitative estimate of drug-likeness (QED) is 0.696. The molecule has 5 heteroatoms. The van der Waals surface area contributed by atoms with Crippen molar-refractivity contribution in [2.24, 2.45) is 4.99 Å². The summed E-state index contributed by atoms with van der Waals surface area (Å²) in [5, 5.41) is 0.649. The number of ether oxygens (including phenoxy) is 1. The van der Waals surface area contributed by atoms with Gasteiger partial charge in [0.2, 0.25) is 0 Å². The normalized spacial score (nSPS) is 19.1. The number of nitrogens with zero attached hydrogens (tertiary/aromatic N) is 2. The molecule has 27 heavy (non-hydrogen) atoms. The third-order valence-corrected chi connectivity index (χ3v) is 5.61.